The van der Waals surface area contributed by atoms with Crippen LogP contribution < -0.4 is 9.46 Å². The molecule has 0 atom stereocenters. The van der Waals surface area contributed by atoms with Crippen LogP contribution in [0, 0.1) is 11.6 Å². The van der Waals surface area contributed by atoms with E-state index in [1.807, 2.05) is 0 Å². The maximum atomic E-state index is 14.3. The molecule has 2 aromatic carbocycles. The minimum atomic E-state index is -4.62. The summed E-state index contributed by atoms with van der Waals surface area (Å²) in [6.07, 6.45) is 0. The molecule has 0 bridgehead atoms. The largest absolute Gasteiger partial charge is 0.489 e. The van der Waals surface area contributed by atoms with Gasteiger partial charge >= 0.3 is 10.2 Å². The van der Waals surface area contributed by atoms with E-state index in [0.29, 0.717) is 16.4 Å². The number of halogens is 6. The molecule has 1 saturated heterocycles. The van der Waals surface area contributed by atoms with Gasteiger partial charge in [-0.15, -0.1) is 0 Å². The Morgan fingerprint density at radius 3 is 2.37 bits per heavy atom. The lowest BCUT2D eigenvalue weighted by molar-refractivity contribution is -0.0948. The number of hydrogen-bond donors (Lipinski definition) is 1. The average molecular weight is 487 g/mol. The predicted octanol–water partition coefficient (Wildman–Crippen LogP) is 3.78. The lowest BCUT2D eigenvalue weighted by Crippen LogP contribution is -2.61. The molecule has 3 rings (SSSR count). The number of carbonyl (C=O) groups is 1. The highest BCUT2D eigenvalue weighted by Crippen LogP contribution is 2.29. The van der Waals surface area contributed by atoms with E-state index < -0.39 is 58.9 Å². The third-order valence-corrected chi connectivity index (χ3v) is 6.16. The van der Waals surface area contributed by atoms with Gasteiger partial charge in [0.05, 0.1) is 28.7 Å². The molecule has 1 amide bonds. The number of ether oxygens (including phenoxy) is 1. The molecule has 1 N–H and O–H groups in total. The second-order valence-corrected chi connectivity index (χ2v) is 8.83. The van der Waals surface area contributed by atoms with Gasteiger partial charge in [-0.1, -0.05) is 23.2 Å². The molecule has 1 aliphatic heterocycles. The van der Waals surface area contributed by atoms with Gasteiger partial charge in [-0.05, 0) is 24.3 Å². The van der Waals surface area contributed by atoms with Crippen LogP contribution in [-0.2, 0) is 16.8 Å². The van der Waals surface area contributed by atoms with Gasteiger partial charge in [0.15, 0.2) is 0 Å². The first-order valence-corrected chi connectivity index (χ1v) is 10.3. The van der Waals surface area contributed by atoms with Crippen molar-refractivity contribution in [3.8, 4) is 5.75 Å². The van der Waals surface area contributed by atoms with Gasteiger partial charge in [0.1, 0.15) is 24.0 Å². The highest BCUT2D eigenvalue weighted by atomic mass is 35.5. The zero-order valence-corrected chi connectivity index (χ0v) is 17.1. The average Bonchev–Trinajstić information content (AvgIpc) is 2.62. The molecule has 0 unspecified atom stereocenters. The van der Waals surface area contributed by atoms with E-state index in [2.05, 4.69) is 0 Å². The fourth-order valence-corrected chi connectivity index (χ4v) is 3.96. The molecule has 0 spiro atoms. The Kier molecular flexibility index (Phi) is 6.19. The van der Waals surface area contributed by atoms with Gasteiger partial charge in [-0.25, -0.2) is 22.3 Å². The second-order valence-electron chi connectivity index (χ2n) is 6.35. The fourth-order valence-electron chi connectivity index (χ4n) is 2.48. The number of carbonyl (C=O) groups excluding carboxylic acids is 1. The zero-order valence-electron chi connectivity index (χ0n) is 14.8. The molecule has 2 aromatic rings. The summed E-state index contributed by atoms with van der Waals surface area (Å²) in [5.41, 5.74) is -1.18. The van der Waals surface area contributed by atoms with Crippen molar-refractivity contribution in [3.05, 3.63) is 63.1 Å². The summed E-state index contributed by atoms with van der Waals surface area (Å²) in [5, 5.41) is 0.461. The van der Waals surface area contributed by atoms with E-state index in [1.54, 1.807) is 0 Å². The van der Waals surface area contributed by atoms with Crippen LogP contribution in [-0.4, -0.2) is 37.6 Å². The van der Waals surface area contributed by atoms with Crippen molar-refractivity contribution in [1.29, 1.82) is 0 Å². The van der Waals surface area contributed by atoms with Crippen LogP contribution in [0.4, 0.5) is 17.6 Å². The monoisotopic (exact) mass is 486 g/mol. The molecule has 1 heterocycles. The van der Waals surface area contributed by atoms with Crippen LogP contribution in [0.15, 0.2) is 30.3 Å². The summed E-state index contributed by atoms with van der Waals surface area (Å²) in [7, 11) is -4.62. The molecule has 13 heteroatoms. The number of benzene rings is 2. The number of nitrogens with one attached hydrogen (secondary N) is 1. The predicted molar refractivity (Wildman–Crippen MR) is 100 cm³/mol. The van der Waals surface area contributed by atoms with Crippen LogP contribution in [0.2, 0.25) is 10.0 Å². The highest BCUT2D eigenvalue weighted by molar-refractivity contribution is 7.87. The first kappa shape index (κ1) is 22.6. The number of rotatable bonds is 6. The van der Waals surface area contributed by atoms with E-state index in [0.717, 1.165) is 0 Å². The van der Waals surface area contributed by atoms with Gasteiger partial charge in [0.25, 0.3) is 11.8 Å². The topological polar surface area (TPSA) is 75.7 Å². The van der Waals surface area contributed by atoms with E-state index in [1.165, 1.54) is 22.9 Å². The first-order valence-electron chi connectivity index (χ1n) is 8.14. The van der Waals surface area contributed by atoms with Crippen molar-refractivity contribution in [2.75, 3.05) is 13.1 Å². The SMILES string of the molecule is O=C(NS(=O)(=O)N1CC(F)(F)C1)c1cc(F)c(COc2ccc(Cl)c(Cl)c2)cc1F. The van der Waals surface area contributed by atoms with Gasteiger partial charge in [0, 0.05) is 11.6 Å². The Morgan fingerprint density at radius 1 is 1.10 bits per heavy atom. The number of hydrogen-bond acceptors (Lipinski definition) is 4. The molecular weight excluding hydrogens is 475 g/mol. The van der Waals surface area contributed by atoms with E-state index in [-0.39, 0.29) is 21.4 Å². The van der Waals surface area contributed by atoms with Crippen molar-refractivity contribution in [3.63, 3.8) is 0 Å². The summed E-state index contributed by atoms with van der Waals surface area (Å²) in [4.78, 5) is 12.0. The van der Waals surface area contributed by atoms with Crippen molar-refractivity contribution in [2.24, 2.45) is 0 Å². The minimum absolute atomic E-state index is 0.189. The fraction of sp³-hybridized carbons (Fsp3) is 0.235. The van der Waals surface area contributed by atoms with Gasteiger partial charge < -0.3 is 4.74 Å². The third kappa shape index (κ3) is 4.97. The Labute approximate surface area is 178 Å². The van der Waals surface area contributed by atoms with Gasteiger partial charge in [-0.3, -0.25) is 4.79 Å². The van der Waals surface area contributed by atoms with Crippen molar-refractivity contribution in [2.45, 2.75) is 12.5 Å². The highest BCUT2D eigenvalue weighted by Gasteiger charge is 2.50. The summed E-state index contributed by atoms with van der Waals surface area (Å²) in [5.74, 6) is -6.76. The molecule has 0 saturated carbocycles. The maximum absolute atomic E-state index is 14.3. The number of alkyl halides is 2. The van der Waals surface area contributed by atoms with Crippen molar-refractivity contribution in [1.82, 2.24) is 9.03 Å². The second kappa shape index (κ2) is 8.22. The van der Waals surface area contributed by atoms with Crippen LogP contribution in [0.3, 0.4) is 0 Å². The van der Waals surface area contributed by atoms with Crippen LogP contribution in [0.25, 0.3) is 0 Å². The summed E-state index contributed by atoms with van der Waals surface area (Å²) in [6, 6.07) is 5.40. The molecule has 0 radical (unpaired) electrons. The van der Waals surface area contributed by atoms with Crippen LogP contribution >= 0.6 is 23.2 Å². The maximum Gasteiger partial charge on any atom is 0.304 e. The number of nitrogens with zero attached hydrogens (tertiary/aromatic N) is 1. The molecule has 1 aliphatic rings. The van der Waals surface area contributed by atoms with Crippen LogP contribution in [0.1, 0.15) is 15.9 Å². The third-order valence-electron chi connectivity index (χ3n) is 4.04. The van der Waals surface area contributed by atoms with Crippen molar-refractivity contribution < 1.29 is 35.5 Å². The van der Waals surface area contributed by atoms with Crippen LogP contribution in [0.5, 0.6) is 5.75 Å². The summed E-state index contributed by atoms with van der Waals surface area (Å²) in [6.45, 7) is -2.65. The van der Waals surface area contributed by atoms with Crippen molar-refractivity contribution >= 4 is 39.3 Å². The number of amides is 1. The summed E-state index contributed by atoms with van der Waals surface area (Å²) >= 11 is 11.6. The van der Waals surface area contributed by atoms with Gasteiger partial charge in [0.2, 0.25) is 0 Å². The Morgan fingerprint density at radius 2 is 1.77 bits per heavy atom. The smallest absolute Gasteiger partial charge is 0.304 e. The Balaban J connectivity index is 1.70. The van der Waals surface area contributed by atoms with E-state index >= 15 is 0 Å². The molecule has 30 heavy (non-hydrogen) atoms. The quantitative estimate of drug-likeness (QED) is 0.630. The Hall–Kier alpha value is -2.08. The zero-order chi connectivity index (χ0) is 22.3. The first-order chi connectivity index (χ1) is 13.9. The molecule has 0 aromatic heterocycles. The van der Waals surface area contributed by atoms with E-state index in [4.69, 9.17) is 27.9 Å². The lowest BCUT2D eigenvalue weighted by Gasteiger charge is -2.37. The lowest BCUT2D eigenvalue weighted by atomic mass is 10.1. The normalized spacial score (nSPS) is 16.1. The molecule has 162 valence electrons. The minimum Gasteiger partial charge on any atom is -0.489 e. The molecular formula is C17H12Cl2F4N2O4S. The standard InChI is InChI=1S/C17H12Cl2F4N2O4S/c18-12-2-1-10(4-13(12)19)29-6-9-3-15(21)11(5-14(9)20)16(26)24-30(27,28)25-7-17(22,23)8-25/h1-5H,6-8H2,(H,24,26). The molecule has 0 aliphatic carbocycles. The Bertz CT molecular complexity index is 1110. The summed E-state index contributed by atoms with van der Waals surface area (Å²) < 4.78 is 84.9. The molecule has 1 fully saturated rings. The van der Waals surface area contributed by atoms with E-state index in [9.17, 15) is 30.8 Å². The van der Waals surface area contributed by atoms with Gasteiger partial charge in [-0.2, -0.15) is 12.7 Å². The molecule has 6 nitrogen and oxygen atoms in total.